The van der Waals surface area contributed by atoms with Gasteiger partial charge in [0.15, 0.2) is 0 Å². The number of benzene rings is 1. The zero-order valence-electron chi connectivity index (χ0n) is 14.5. The zero-order chi connectivity index (χ0) is 18.6. The highest BCUT2D eigenvalue weighted by molar-refractivity contribution is 5.89. The Morgan fingerprint density at radius 2 is 1.73 bits per heavy atom. The van der Waals surface area contributed by atoms with E-state index in [-0.39, 0.29) is 11.6 Å². The number of allylic oxidation sites excluding steroid dienone is 2. The fourth-order valence-corrected chi connectivity index (χ4v) is 3.95. The topological polar surface area (TPSA) is 73.1 Å². The number of rotatable bonds is 1. The number of halogens is 1. The Morgan fingerprint density at radius 3 is 2.42 bits per heavy atom. The Labute approximate surface area is 148 Å². The predicted octanol–water partition coefficient (Wildman–Crippen LogP) is 1.64. The van der Waals surface area contributed by atoms with Gasteiger partial charge in [0.2, 0.25) is 0 Å². The van der Waals surface area contributed by atoms with Crippen molar-refractivity contribution in [1.29, 1.82) is 0 Å². The van der Waals surface area contributed by atoms with E-state index >= 15 is 0 Å². The number of ketones is 1. The van der Waals surface area contributed by atoms with Crippen molar-refractivity contribution >= 4 is 11.6 Å². The molecule has 0 bridgehead atoms. The Morgan fingerprint density at radius 1 is 1.04 bits per heavy atom. The molecule has 2 atom stereocenters. The maximum atomic E-state index is 13.4. The highest BCUT2D eigenvalue weighted by Crippen LogP contribution is 2.44. The average Bonchev–Trinajstić information content (AvgIpc) is 2.64. The molecule has 0 amide bonds. The molecule has 0 fully saturated rings. The molecule has 0 radical (unpaired) electrons. The molecule has 1 aromatic carbocycles. The number of Topliss-reactive ketones (excluding diaryl/α,β-unsaturated/α-hetero) is 1. The number of nitrogens with zero attached hydrogens (tertiary/aromatic N) is 2. The summed E-state index contributed by atoms with van der Waals surface area (Å²) < 4.78 is 15.8. The van der Waals surface area contributed by atoms with Crippen molar-refractivity contribution in [2.75, 3.05) is 5.32 Å². The lowest BCUT2D eigenvalue weighted by Gasteiger charge is -2.38. The molecular weight excluding hydrogens is 337 g/mol. The molecule has 1 aliphatic heterocycles. The van der Waals surface area contributed by atoms with E-state index in [9.17, 15) is 18.8 Å². The van der Waals surface area contributed by atoms with Crippen molar-refractivity contribution in [3.8, 4) is 0 Å². The Hall–Kier alpha value is -2.96. The van der Waals surface area contributed by atoms with Crippen molar-refractivity contribution in [2.45, 2.75) is 18.8 Å². The number of hydrogen-bond acceptors (Lipinski definition) is 4. The van der Waals surface area contributed by atoms with Gasteiger partial charge in [-0.25, -0.2) is 9.18 Å². The lowest BCUT2D eigenvalue weighted by molar-refractivity contribution is -0.122. The second-order valence-corrected chi connectivity index (χ2v) is 6.76. The molecular formula is C19H18FN3O3. The summed E-state index contributed by atoms with van der Waals surface area (Å²) in [5.74, 6) is -1.05. The lowest BCUT2D eigenvalue weighted by atomic mass is 9.72. The smallest absolute Gasteiger partial charge is 0.332 e. The van der Waals surface area contributed by atoms with E-state index < -0.39 is 23.1 Å². The van der Waals surface area contributed by atoms with Crippen LogP contribution < -0.4 is 16.6 Å². The summed E-state index contributed by atoms with van der Waals surface area (Å²) >= 11 is 0. The van der Waals surface area contributed by atoms with E-state index in [1.54, 1.807) is 19.2 Å². The van der Waals surface area contributed by atoms with Crippen LogP contribution in [-0.2, 0) is 18.9 Å². The van der Waals surface area contributed by atoms with Crippen LogP contribution >= 0.6 is 0 Å². The molecule has 1 aromatic heterocycles. The van der Waals surface area contributed by atoms with Crippen LogP contribution in [0.25, 0.3) is 0 Å². The first kappa shape index (κ1) is 16.5. The predicted molar refractivity (Wildman–Crippen MR) is 94.6 cm³/mol. The van der Waals surface area contributed by atoms with Crippen molar-refractivity contribution < 1.29 is 9.18 Å². The molecule has 0 saturated heterocycles. The van der Waals surface area contributed by atoms with Crippen LogP contribution in [0.5, 0.6) is 0 Å². The SMILES string of the molecule is Cn1c2c(c(=O)n(C)c1=O)[C@H](c1ccc(F)cc1)[C@@H]1C(=O)CCC=C1N2. The standard InChI is InChI=1S/C19H18FN3O3/c1-22-17-16(18(25)23(2)19(22)26)14(10-6-8-11(20)9-7-10)15-12(21-17)4-3-5-13(15)24/h4,6-9,14-15,21H,3,5H2,1-2H3/t14-,15+/m1/s1. The van der Waals surface area contributed by atoms with E-state index in [1.165, 1.54) is 23.7 Å². The zero-order valence-corrected chi connectivity index (χ0v) is 14.5. The van der Waals surface area contributed by atoms with E-state index in [2.05, 4.69) is 5.32 Å². The van der Waals surface area contributed by atoms with Crippen LogP contribution in [0, 0.1) is 11.7 Å². The molecule has 1 aliphatic carbocycles. The van der Waals surface area contributed by atoms with Crippen molar-refractivity contribution in [1.82, 2.24) is 9.13 Å². The molecule has 26 heavy (non-hydrogen) atoms. The highest BCUT2D eigenvalue weighted by atomic mass is 19.1. The quantitative estimate of drug-likeness (QED) is 0.844. The Kier molecular flexibility index (Phi) is 3.68. The third-order valence-electron chi connectivity index (χ3n) is 5.27. The second-order valence-electron chi connectivity index (χ2n) is 6.76. The van der Waals surface area contributed by atoms with Crippen LogP contribution in [0.1, 0.15) is 29.9 Å². The third-order valence-corrected chi connectivity index (χ3v) is 5.27. The summed E-state index contributed by atoms with van der Waals surface area (Å²) in [4.78, 5) is 38.0. The summed E-state index contributed by atoms with van der Waals surface area (Å²) in [5.41, 5.74) is 0.851. The largest absolute Gasteiger partial charge is 0.344 e. The summed E-state index contributed by atoms with van der Waals surface area (Å²) in [6.45, 7) is 0. The van der Waals surface area contributed by atoms with Gasteiger partial charge in [0.05, 0.1) is 11.5 Å². The molecule has 2 aromatic rings. The number of anilines is 1. The van der Waals surface area contributed by atoms with E-state index in [1.807, 2.05) is 6.08 Å². The monoisotopic (exact) mass is 355 g/mol. The van der Waals surface area contributed by atoms with Gasteiger partial charge in [0.1, 0.15) is 17.4 Å². The minimum Gasteiger partial charge on any atom is -0.344 e. The number of carbonyl (C=O) groups is 1. The molecule has 2 heterocycles. The summed E-state index contributed by atoms with van der Waals surface area (Å²) in [6, 6.07) is 5.83. The molecule has 4 rings (SSSR count). The molecule has 1 N–H and O–H groups in total. The fourth-order valence-electron chi connectivity index (χ4n) is 3.95. The maximum absolute atomic E-state index is 13.4. The van der Waals surface area contributed by atoms with Crippen LogP contribution in [0.2, 0.25) is 0 Å². The molecule has 0 saturated carbocycles. The van der Waals surface area contributed by atoms with Gasteiger partial charge in [-0.3, -0.25) is 18.7 Å². The first-order valence-electron chi connectivity index (χ1n) is 8.45. The number of aromatic nitrogens is 2. The maximum Gasteiger partial charge on any atom is 0.332 e. The van der Waals surface area contributed by atoms with E-state index in [0.29, 0.717) is 35.5 Å². The second kappa shape index (κ2) is 5.79. The van der Waals surface area contributed by atoms with Gasteiger partial charge in [-0.05, 0) is 24.1 Å². The Bertz CT molecular complexity index is 1060. The van der Waals surface area contributed by atoms with Crippen molar-refractivity contribution in [2.24, 2.45) is 20.0 Å². The first-order chi connectivity index (χ1) is 12.4. The molecule has 0 spiro atoms. The van der Waals surface area contributed by atoms with Crippen molar-refractivity contribution in [3.63, 3.8) is 0 Å². The van der Waals surface area contributed by atoms with Crippen LogP contribution in [0.3, 0.4) is 0 Å². The van der Waals surface area contributed by atoms with Crippen LogP contribution in [-0.4, -0.2) is 14.9 Å². The number of nitrogens with one attached hydrogen (secondary N) is 1. The normalized spacial score (nSPS) is 21.5. The molecule has 0 unspecified atom stereocenters. The summed E-state index contributed by atoms with van der Waals surface area (Å²) in [5, 5.41) is 3.13. The molecule has 6 nitrogen and oxygen atoms in total. The van der Waals surface area contributed by atoms with Gasteiger partial charge in [-0.15, -0.1) is 0 Å². The molecule has 7 heteroatoms. The van der Waals surface area contributed by atoms with Gasteiger partial charge < -0.3 is 5.32 Å². The van der Waals surface area contributed by atoms with Gasteiger partial charge in [0, 0.05) is 32.1 Å². The summed E-state index contributed by atoms with van der Waals surface area (Å²) in [7, 11) is 3.00. The van der Waals surface area contributed by atoms with Gasteiger partial charge in [0.25, 0.3) is 5.56 Å². The van der Waals surface area contributed by atoms with Crippen LogP contribution in [0.15, 0.2) is 45.6 Å². The minimum atomic E-state index is -0.559. The van der Waals surface area contributed by atoms with E-state index in [0.717, 1.165) is 4.57 Å². The third kappa shape index (κ3) is 2.27. The molecule has 2 aliphatic rings. The number of fused-ring (bicyclic) bond motifs is 2. The summed E-state index contributed by atoms with van der Waals surface area (Å²) in [6.07, 6.45) is 2.95. The number of carbonyl (C=O) groups excluding carboxylic acids is 1. The minimum absolute atomic E-state index is 0.0332. The van der Waals surface area contributed by atoms with Crippen molar-refractivity contribution in [3.05, 3.63) is 73.8 Å². The van der Waals surface area contributed by atoms with Crippen LogP contribution in [0.4, 0.5) is 10.2 Å². The average molecular weight is 355 g/mol. The number of hydrogen-bond donors (Lipinski definition) is 1. The van der Waals surface area contributed by atoms with Gasteiger partial charge in [-0.1, -0.05) is 18.2 Å². The fraction of sp³-hybridized carbons (Fsp3) is 0.316. The highest BCUT2D eigenvalue weighted by Gasteiger charge is 2.42. The van der Waals surface area contributed by atoms with Gasteiger partial charge in [-0.2, -0.15) is 0 Å². The first-order valence-corrected chi connectivity index (χ1v) is 8.45. The molecule has 134 valence electrons. The Balaban J connectivity index is 2.07. The van der Waals surface area contributed by atoms with Gasteiger partial charge >= 0.3 is 5.69 Å². The van der Waals surface area contributed by atoms with E-state index in [4.69, 9.17) is 0 Å². The lowest BCUT2D eigenvalue weighted by Crippen LogP contribution is -2.46.